The van der Waals surface area contributed by atoms with Crippen molar-refractivity contribution >= 4 is 22.6 Å². The summed E-state index contributed by atoms with van der Waals surface area (Å²) in [6.07, 6.45) is 0. The average molecular weight is 434 g/mol. The first-order valence-electron chi connectivity index (χ1n) is 8.34. The van der Waals surface area contributed by atoms with E-state index in [1.165, 1.54) is 14.7 Å². The molecule has 2 aliphatic rings. The lowest BCUT2D eigenvalue weighted by molar-refractivity contribution is 0.122. The Balaban J connectivity index is 1.29. The van der Waals surface area contributed by atoms with Gasteiger partial charge in [-0.2, -0.15) is 0 Å². The minimum Gasteiger partial charge on any atom is -0.454 e. The normalized spacial score (nSPS) is 18.0. The molecule has 0 aromatic heterocycles. The van der Waals surface area contributed by atoms with Gasteiger partial charge < -0.3 is 9.47 Å². The van der Waals surface area contributed by atoms with Crippen LogP contribution in [0.5, 0.6) is 11.5 Å². The number of fused-ring (bicyclic) bond motifs is 1. The van der Waals surface area contributed by atoms with Crippen molar-refractivity contribution in [3.8, 4) is 11.5 Å². The van der Waals surface area contributed by atoms with Gasteiger partial charge in [0.1, 0.15) is 0 Å². The Morgan fingerprint density at radius 3 is 2.04 bits per heavy atom. The van der Waals surface area contributed by atoms with Crippen LogP contribution in [-0.2, 0) is 13.1 Å². The maximum absolute atomic E-state index is 5.47. The summed E-state index contributed by atoms with van der Waals surface area (Å²) < 4.78 is 12.1. The first kappa shape index (κ1) is 16.2. The van der Waals surface area contributed by atoms with Crippen LogP contribution >= 0.6 is 22.6 Å². The molecule has 126 valence electrons. The molecule has 0 atom stereocenters. The third-order valence-electron chi connectivity index (χ3n) is 4.63. The Bertz CT molecular complexity index is 697. The van der Waals surface area contributed by atoms with E-state index in [1.54, 1.807) is 0 Å². The van der Waals surface area contributed by atoms with Gasteiger partial charge in [-0.05, 0) is 58.0 Å². The van der Waals surface area contributed by atoms with Crippen LogP contribution in [0.15, 0.2) is 42.5 Å². The summed E-state index contributed by atoms with van der Waals surface area (Å²) in [6.45, 7) is 6.84. The Kier molecular flexibility index (Phi) is 4.91. The first-order valence-corrected chi connectivity index (χ1v) is 9.42. The maximum atomic E-state index is 5.47. The van der Waals surface area contributed by atoms with Crippen LogP contribution < -0.4 is 9.47 Å². The van der Waals surface area contributed by atoms with E-state index >= 15 is 0 Å². The second-order valence-electron chi connectivity index (χ2n) is 6.37. The minimum atomic E-state index is 0.343. The number of ether oxygens (including phenoxy) is 2. The van der Waals surface area contributed by atoms with Crippen molar-refractivity contribution in [2.24, 2.45) is 0 Å². The number of halogens is 1. The van der Waals surface area contributed by atoms with E-state index in [1.807, 2.05) is 6.07 Å². The number of rotatable bonds is 4. The molecule has 0 saturated carbocycles. The predicted molar refractivity (Wildman–Crippen MR) is 102 cm³/mol. The van der Waals surface area contributed by atoms with E-state index in [4.69, 9.17) is 9.47 Å². The fraction of sp³-hybridized carbons (Fsp3) is 0.368. The molecule has 1 saturated heterocycles. The van der Waals surface area contributed by atoms with Crippen molar-refractivity contribution in [2.45, 2.75) is 13.1 Å². The van der Waals surface area contributed by atoms with E-state index in [-0.39, 0.29) is 0 Å². The molecule has 0 unspecified atom stereocenters. The van der Waals surface area contributed by atoms with Crippen molar-refractivity contribution in [2.75, 3.05) is 33.0 Å². The van der Waals surface area contributed by atoms with Crippen molar-refractivity contribution in [1.82, 2.24) is 9.80 Å². The molecule has 1 fully saturated rings. The fourth-order valence-electron chi connectivity index (χ4n) is 3.25. The van der Waals surface area contributed by atoms with Gasteiger partial charge in [0.05, 0.1) is 0 Å². The average Bonchev–Trinajstić information content (AvgIpc) is 3.06. The Labute approximate surface area is 156 Å². The van der Waals surface area contributed by atoms with Crippen molar-refractivity contribution in [3.05, 3.63) is 57.2 Å². The number of hydrogen-bond donors (Lipinski definition) is 0. The highest BCUT2D eigenvalue weighted by Gasteiger charge is 2.19. The maximum Gasteiger partial charge on any atom is 0.231 e. The van der Waals surface area contributed by atoms with E-state index in [2.05, 4.69) is 68.8 Å². The van der Waals surface area contributed by atoms with Crippen molar-refractivity contribution in [1.29, 1.82) is 0 Å². The third kappa shape index (κ3) is 3.84. The molecule has 0 N–H and O–H groups in total. The molecular formula is C19H21IN2O2. The molecule has 5 heteroatoms. The summed E-state index contributed by atoms with van der Waals surface area (Å²) in [6, 6.07) is 15.1. The van der Waals surface area contributed by atoms with Crippen molar-refractivity contribution in [3.63, 3.8) is 0 Å². The molecule has 0 bridgehead atoms. The molecule has 2 aromatic carbocycles. The van der Waals surface area contributed by atoms with Crippen LogP contribution in [0.1, 0.15) is 11.1 Å². The molecule has 2 aromatic rings. The highest BCUT2D eigenvalue weighted by molar-refractivity contribution is 14.1. The van der Waals surface area contributed by atoms with Gasteiger partial charge in [0.2, 0.25) is 6.79 Å². The van der Waals surface area contributed by atoms with E-state index < -0.39 is 0 Å². The molecule has 2 aliphatic heterocycles. The summed E-state index contributed by atoms with van der Waals surface area (Å²) in [5.41, 5.74) is 2.70. The second kappa shape index (κ2) is 7.29. The van der Waals surface area contributed by atoms with Crippen LogP contribution in [0.3, 0.4) is 0 Å². The predicted octanol–water partition coefficient (Wildman–Crippen LogP) is 3.34. The topological polar surface area (TPSA) is 24.9 Å². The van der Waals surface area contributed by atoms with Gasteiger partial charge >= 0.3 is 0 Å². The number of hydrogen-bond acceptors (Lipinski definition) is 4. The lowest BCUT2D eigenvalue weighted by Crippen LogP contribution is -2.45. The monoisotopic (exact) mass is 434 g/mol. The van der Waals surface area contributed by atoms with Crippen LogP contribution in [-0.4, -0.2) is 42.8 Å². The SMILES string of the molecule is [125I]c1ccc(CN2CCN(Cc3ccc4c(c3)OCO4)CC2)cc1. The standard InChI is InChI=1S/C19H21IN2O2/c20-17-4-1-15(2-5-17)12-21-7-9-22(10-8-21)13-16-3-6-18-19(11-16)24-14-23-18/h1-6,11H,7-10,12-14H2/i20-2. The third-order valence-corrected chi connectivity index (χ3v) is 5.35. The Morgan fingerprint density at radius 2 is 1.33 bits per heavy atom. The number of nitrogens with zero attached hydrogens (tertiary/aromatic N) is 2. The van der Waals surface area contributed by atoms with Gasteiger partial charge in [0.15, 0.2) is 11.5 Å². The molecule has 0 aliphatic carbocycles. The van der Waals surface area contributed by atoms with E-state index in [0.717, 1.165) is 50.8 Å². The zero-order valence-electron chi connectivity index (χ0n) is 13.6. The molecular weight excluding hydrogens is 413 g/mol. The summed E-state index contributed by atoms with van der Waals surface area (Å²) in [5.74, 6) is 1.74. The van der Waals surface area contributed by atoms with Crippen LogP contribution in [0.25, 0.3) is 0 Å². The van der Waals surface area contributed by atoms with Crippen molar-refractivity contribution < 1.29 is 9.47 Å². The Morgan fingerprint density at radius 1 is 0.750 bits per heavy atom. The molecule has 24 heavy (non-hydrogen) atoms. The van der Waals surface area contributed by atoms with Crippen LogP contribution in [0.2, 0.25) is 0 Å². The van der Waals surface area contributed by atoms with Gasteiger partial charge in [-0.25, -0.2) is 0 Å². The summed E-state index contributed by atoms with van der Waals surface area (Å²) >= 11 is 2.35. The van der Waals surface area contributed by atoms with Gasteiger partial charge in [-0.1, -0.05) is 18.2 Å². The molecule has 2 heterocycles. The van der Waals surface area contributed by atoms with Gasteiger partial charge in [0, 0.05) is 42.8 Å². The molecule has 0 spiro atoms. The highest BCUT2D eigenvalue weighted by atomic mass is 125. The molecule has 4 nitrogen and oxygen atoms in total. The summed E-state index contributed by atoms with van der Waals surface area (Å²) in [4.78, 5) is 5.06. The molecule has 0 amide bonds. The largest absolute Gasteiger partial charge is 0.454 e. The zero-order valence-corrected chi connectivity index (χ0v) is 15.7. The first-order chi connectivity index (χ1) is 11.8. The lowest BCUT2D eigenvalue weighted by atomic mass is 10.1. The summed E-state index contributed by atoms with van der Waals surface area (Å²) in [5, 5.41) is 0. The molecule has 4 rings (SSSR count). The van der Waals surface area contributed by atoms with Gasteiger partial charge in [-0.3, -0.25) is 9.80 Å². The Hall–Kier alpha value is -1.31. The van der Waals surface area contributed by atoms with Gasteiger partial charge in [0.25, 0.3) is 0 Å². The quantitative estimate of drug-likeness (QED) is 0.690. The van der Waals surface area contributed by atoms with Crippen LogP contribution in [0.4, 0.5) is 0 Å². The van der Waals surface area contributed by atoms with Gasteiger partial charge in [-0.15, -0.1) is 0 Å². The number of benzene rings is 2. The fourth-order valence-corrected chi connectivity index (χ4v) is 3.61. The van der Waals surface area contributed by atoms with E-state index in [9.17, 15) is 0 Å². The zero-order chi connectivity index (χ0) is 16.4. The lowest BCUT2D eigenvalue weighted by Gasteiger charge is -2.34. The highest BCUT2D eigenvalue weighted by Crippen LogP contribution is 2.32. The minimum absolute atomic E-state index is 0.343. The molecule has 0 radical (unpaired) electrons. The second-order valence-corrected chi connectivity index (χ2v) is 7.61. The summed E-state index contributed by atoms with van der Waals surface area (Å²) in [7, 11) is 0. The van der Waals surface area contributed by atoms with Crippen LogP contribution in [0, 0.1) is 3.57 Å². The number of piperazine rings is 1. The van der Waals surface area contributed by atoms with E-state index in [0.29, 0.717) is 6.79 Å². The smallest absolute Gasteiger partial charge is 0.231 e.